The van der Waals surface area contributed by atoms with E-state index in [1.54, 1.807) is 6.92 Å². The maximum atomic E-state index is 13.3. The number of alkyl halides is 3. The number of nitrogens with zero attached hydrogens (tertiary/aromatic N) is 2. The summed E-state index contributed by atoms with van der Waals surface area (Å²) in [7, 11) is -3.92. The number of aryl methyl sites for hydroxylation is 1. The summed E-state index contributed by atoms with van der Waals surface area (Å²) in [6.07, 6.45) is -3.77. The van der Waals surface area contributed by atoms with Crippen LogP contribution in [-0.4, -0.2) is 50.5 Å². The number of carbonyl (C=O) groups excluding carboxylic acids is 2. The molecule has 1 unspecified atom stereocenters. The summed E-state index contributed by atoms with van der Waals surface area (Å²) in [5.74, 6) is -0.442. The van der Waals surface area contributed by atoms with Crippen LogP contribution in [-0.2, 0) is 32.3 Å². The molecule has 1 N–H and O–H groups in total. The molecule has 2 aromatic carbocycles. The quantitative estimate of drug-likeness (QED) is 0.410. The van der Waals surface area contributed by atoms with E-state index < -0.39 is 27.8 Å². The highest BCUT2D eigenvalue weighted by Gasteiger charge is 2.32. The third kappa shape index (κ3) is 9.34. The van der Waals surface area contributed by atoms with Gasteiger partial charge in [0.15, 0.2) is 0 Å². The van der Waals surface area contributed by atoms with Gasteiger partial charge < -0.3 is 10.2 Å². The van der Waals surface area contributed by atoms with Gasteiger partial charge >= 0.3 is 6.18 Å². The first kappa shape index (κ1) is 31.1. The van der Waals surface area contributed by atoms with Crippen LogP contribution in [0.5, 0.6) is 0 Å². The molecule has 2 aromatic rings. The van der Waals surface area contributed by atoms with Gasteiger partial charge in [-0.25, -0.2) is 8.42 Å². The third-order valence-electron chi connectivity index (χ3n) is 5.90. The molecule has 0 heterocycles. The second kappa shape index (κ2) is 13.1. The summed E-state index contributed by atoms with van der Waals surface area (Å²) in [6, 6.07) is 10.8. The van der Waals surface area contributed by atoms with Gasteiger partial charge in [0.25, 0.3) is 0 Å². The Hall–Kier alpha value is -3.08. The largest absolute Gasteiger partial charge is 0.416 e. The Morgan fingerprint density at radius 2 is 1.68 bits per heavy atom. The molecule has 0 fully saturated rings. The number of carbonyl (C=O) groups is 2. The standard InChI is InChI=1S/C27H36F3N3O4S/c1-19(2)17-31-26(35)21(4)32(18-22-10-6-9-20(3)15-22)25(34)13-8-14-33(38(5,36)37)24-12-7-11-23(16-24)27(28,29)30/h6-7,9-12,15-16,19,21H,8,13-14,17-18H2,1-5H3,(H,31,35). The van der Waals surface area contributed by atoms with Gasteiger partial charge in [-0.05, 0) is 49.9 Å². The van der Waals surface area contributed by atoms with Crippen molar-refractivity contribution >= 4 is 27.5 Å². The van der Waals surface area contributed by atoms with Crippen molar-refractivity contribution in [2.45, 2.75) is 59.3 Å². The number of halogens is 3. The molecule has 2 rings (SSSR count). The van der Waals surface area contributed by atoms with Crippen molar-refractivity contribution in [1.29, 1.82) is 0 Å². The Morgan fingerprint density at radius 1 is 1.03 bits per heavy atom. The maximum Gasteiger partial charge on any atom is 0.416 e. The van der Waals surface area contributed by atoms with Crippen molar-refractivity contribution < 1.29 is 31.2 Å². The maximum absolute atomic E-state index is 13.3. The zero-order valence-corrected chi connectivity index (χ0v) is 23.2. The van der Waals surface area contributed by atoms with E-state index in [1.165, 1.54) is 11.0 Å². The molecule has 38 heavy (non-hydrogen) atoms. The molecule has 0 aliphatic rings. The second-order valence-electron chi connectivity index (χ2n) is 9.81. The molecular formula is C27H36F3N3O4S. The fraction of sp³-hybridized carbons (Fsp3) is 0.481. The molecule has 0 spiro atoms. The van der Waals surface area contributed by atoms with E-state index in [2.05, 4.69) is 5.32 Å². The molecule has 1 atom stereocenters. The van der Waals surface area contributed by atoms with Crippen molar-refractivity contribution in [3.63, 3.8) is 0 Å². The van der Waals surface area contributed by atoms with Gasteiger partial charge in [-0.1, -0.05) is 49.7 Å². The second-order valence-corrected chi connectivity index (χ2v) is 11.7. The van der Waals surface area contributed by atoms with Crippen molar-refractivity contribution in [3.05, 3.63) is 65.2 Å². The monoisotopic (exact) mass is 555 g/mol. The van der Waals surface area contributed by atoms with E-state index in [9.17, 15) is 31.2 Å². The molecule has 2 amide bonds. The Labute approximate surface area is 223 Å². The number of nitrogens with one attached hydrogen (secondary N) is 1. The molecule has 0 saturated heterocycles. The van der Waals surface area contributed by atoms with E-state index >= 15 is 0 Å². The molecule has 0 radical (unpaired) electrons. The minimum absolute atomic E-state index is 0.0484. The minimum Gasteiger partial charge on any atom is -0.354 e. The third-order valence-corrected chi connectivity index (χ3v) is 7.09. The summed E-state index contributed by atoms with van der Waals surface area (Å²) >= 11 is 0. The van der Waals surface area contributed by atoms with Gasteiger partial charge in [-0.2, -0.15) is 13.2 Å². The molecule has 210 valence electrons. The van der Waals surface area contributed by atoms with Gasteiger partial charge in [0.05, 0.1) is 17.5 Å². The summed E-state index contributed by atoms with van der Waals surface area (Å²) in [6.45, 7) is 7.90. The molecule has 0 saturated carbocycles. The normalized spacial score (nSPS) is 12.8. The van der Waals surface area contributed by atoms with Crippen molar-refractivity contribution in [2.75, 3.05) is 23.7 Å². The first-order valence-corrected chi connectivity index (χ1v) is 14.2. The average Bonchev–Trinajstić information content (AvgIpc) is 2.82. The van der Waals surface area contributed by atoms with Crippen molar-refractivity contribution in [1.82, 2.24) is 10.2 Å². The molecule has 11 heteroatoms. The molecular weight excluding hydrogens is 519 g/mol. The Kier molecular flexibility index (Phi) is 10.8. The molecule has 0 bridgehead atoms. The lowest BCUT2D eigenvalue weighted by atomic mass is 10.1. The van der Waals surface area contributed by atoms with Gasteiger partial charge in [-0.3, -0.25) is 13.9 Å². The predicted molar refractivity (Wildman–Crippen MR) is 142 cm³/mol. The van der Waals surface area contributed by atoms with Crippen LogP contribution in [0.1, 0.15) is 50.3 Å². The molecule has 0 aliphatic carbocycles. The van der Waals surface area contributed by atoms with E-state index in [0.29, 0.717) is 6.54 Å². The first-order valence-electron chi connectivity index (χ1n) is 12.4. The van der Waals surface area contributed by atoms with E-state index in [4.69, 9.17) is 0 Å². The zero-order valence-electron chi connectivity index (χ0n) is 22.4. The highest BCUT2D eigenvalue weighted by Crippen LogP contribution is 2.32. The number of hydrogen-bond acceptors (Lipinski definition) is 4. The summed E-state index contributed by atoms with van der Waals surface area (Å²) < 4.78 is 65.2. The van der Waals surface area contributed by atoms with Gasteiger partial charge in [0, 0.05) is 26.1 Å². The van der Waals surface area contributed by atoms with Gasteiger partial charge in [-0.15, -0.1) is 0 Å². The SMILES string of the molecule is Cc1cccc(CN(C(=O)CCCN(c2cccc(C(F)(F)F)c2)S(C)(=O)=O)C(C)C(=O)NCC(C)C)c1. The number of anilines is 1. The van der Waals surface area contributed by atoms with Crippen LogP contribution in [0.3, 0.4) is 0 Å². The van der Waals surface area contributed by atoms with Crippen LogP contribution in [0.25, 0.3) is 0 Å². The smallest absolute Gasteiger partial charge is 0.354 e. The molecule has 0 aliphatic heterocycles. The Balaban J connectivity index is 2.21. The van der Waals surface area contributed by atoms with Crippen LogP contribution < -0.4 is 9.62 Å². The Morgan fingerprint density at radius 3 is 2.26 bits per heavy atom. The van der Waals surface area contributed by atoms with Crippen molar-refractivity contribution in [2.24, 2.45) is 5.92 Å². The predicted octanol–water partition coefficient (Wildman–Crippen LogP) is 4.75. The van der Waals surface area contributed by atoms with Crippen LogP contribution >= 0.6 is 0 Å². The average molecular weight is 556 g/mol. The lowest BCUT2D eigenvalue weighted by Gasteiger charge is -2.30. The number of sulfonamides is 1. The van der Waals surface area contributed by atoms with Crippen LogP contribution in [0.4, 0.5) is 18.9 Å². The first-order chi connectivity index (χ1) is 17.6. The summed E-state index contributed by atoms with van der Waals surface area (Å²) in [5.41, 5.74) is 0.735. The van der Waals surface area contributed by atoms with E-state index in [-0.39, 0.29) is 49.4 Å². The zero-order chi connectivity index (χ0) is 28.7. The fourth-order valence-electron chi connectivity index (χ4n) is 3.88. The van der Waals surface area contributed by atoms with E-state index in [1.807, 2.05) is 45.0 Å². The lowest BCUT2D eigenvalue weighted by molar-refractivity contribution is -0.140. The number of rotatable bonds is 12. The number of hydrogen-bond donors (Lipinski definition) is 1. The van der Waals surface area contributed by atoms with Crippen LogP contribution in [0.15, 0.2) is 48.5 Å². The summed E-state index contributed by atoms with van der Waals surface area (Å²) in [5, 5.41) is 2.84. The highest BCUT2D eigenvalue weighted by molar-refractivity contribution is 7.92. The van der Waals surface area contributed by atoms with Gasteiger partial charge in [0.1, 0.15) is 6.04 Å². The highest BCUT2D eigenvalue weighted by atomic mass is 32.2. The van der Waals surface area contributed by atoms with Gasteiger partial charge in [0.2, 0.25) is 21.8 Å². The fourth-order valence-corrected chi connectivity index (χ4v) is 4.84. The topological polar surface area (TPSA) is 86.8 Å². The van der Waals surface area contributed by atoms with Crippen molar-refractivity contribution in [3.8, 4) is 0 Å². The molecule has 7 nitrogen and oxygen atoms in total. The Bertz CT molecular complexity index is 1220. The van der Waals surface area contributed by atoms with Crippen LogP contribution in [0, 0.1) is 12.8 Å². The minimum atomic E-state index is -4.63. The van der Waals surface area contributed by atoms with E-state index in [0.717, 1.165) is 39.9 Å². The molecule has 0 aromatic heterocycles. The number of amides is 2. The summed E-state index contributed by atoms with van der Waals surface area (Å²) in [4.78, 5) is 27.5. The van der Waals surface area contributed by atoms with Crippen LogP contribution in [0.2, 0.25) is 0 Å². The lowest BCUT2D eigenvalue weighted by Crippen LogP contribution is -2.48. The number of benzene rings is 2.